The molecular formula is C12H19NO. The lowest BCUT2D eigenvalue weighted by atomic mass is 9.92. The molecule has 0 amide bonds. The number of nitrogens with one attached hydrogen (secondary N) is 1. The molecule has 0 saturated heterocycles. The monoisotopic (exact) mass is 193 g/mol. The van der Waals surface area contributed by atoms with Crippen molar-refractivity contribution in [2.75, 3.05) is 14.2 Å². The molecule has 14 heavy (non-hydrogen) atoms. The largest absolute Gasteiger partial charge is 0.377 e. The first-order valence-corrected chi connectivity index (χ1v) is 4.89. The molecule has 78 valence electrons. The van der Waals surface area contributed by atoms with Gasteiger partial charge >= 0.3 is 0 Å². The number of benzene rings is 1. The summed E-state index contributed by atoms with van der Waals surface area (Å²) in [6, 6.07) is 10.6. The number of ether oxygens (including phenoxy) is 1. The predicted molar refractivity (Wildman–Crippen MR) is 59.3 cm³/mol. The molecule has 1 unspecified atom stereocenters. The molecule has 2 nitrogen and oxygen atoms in total. The second-order valence-electron chi connectivity index (χ2n) is 3.94. The topological polar surface area (TPSA) is 21.3 Å². The van der Waals surface area contributed by atoms with Gasteiger partial charge in [0.05, 0.1) is 11.6 Å². The molecule has 0 aliphatic carbocycles. The Morgan fingerprint density at radius 1 is 1.21 bits per heavy atom. The van der Waals surface area contributed by atoms with E-state index in [1.54, 1.807) is 7.11 Å². The van der Waals surface area contributed by atoms with Gasteiger partial charge in [-0.05, 0) is 26.5 Å². The molecule has 0 bridgehead atoms. The molecule has 0 aliphatic heterocycles. The molecule has 0 fully saturated rings. The van der Waals surface area contributed by atoms with Gasteiger partial charge in [-0.1, -0.05) is 30.3 Å². The van der Waals surface area contributed by atoms with Crippen molar-refractivity contribution >= 4 is 0 Å². The molecule has 0 spiro atoms. The van der Waals surface area contributed by atoms with E-state index in [2.05, 4.69) is 31.3 Å². The molecule has 1 aromatic rings. The summed E-state index contributed by atoms with van der Waals surface area (Å²) < 4.78 is 5.48. The van der Waals surface area contributed by atoms with Crippen LogP contribution in [0.25, 0.3) is 0 Å². The van der Waals surface area contributed by atoms with E-state index >= 15 is 0 Å². The van der Waals surface area contributed by atoms with Gasteiger partial charge in [0, 0.05) is 7.11 Å². The van der Waals surface area contributed by atoms with E-state index in [0.717, 1.165) is 0 Å². The zero-order chi connectivity index (χ0) is 10.6. The lowest BCUT2D eigenvalue weighted by molar-refractivity contribution is -0.00898. The normalized spacial score (nSPS) is 14.0. The van der Waals surface area contributed by atoms with Gasteiger partial charge in [-0.15, -0.1) is 0 Å². The minimum absolute atomic E-state index is 0.198. The maximum absolute atomic E-state index is 5.48. The van der Waals surface area contributed by atoms with Crippen LogP contribution in [0.15, 0.2) is 30.3 Å². The molecule has 0 aliphatic rings. The first kappa shape index (κ1) is 11.2. The Kier molecular flexibility index (Phi) is 3.67. The van der Waals surface area contributed by atoms with Gasteiger partial charge in [-0.25, -0.2) is 0 Å². The van der Waals surface area contributed by atoms with E-state index in [1.807, 2.05) is 25.2 Å². The van der Waals surface area contributed by atoms with E-state index < -0.39 is 0 Å². The fourth-order valence-corrected chi connectivity index (χ4v) is 1.68. The Labute approximate surface area is 86.3 Å². The quantitative estimate of drug-likeness (QED) is 0.792. The highest BCUT2D eigenvalue weighted by atomic mass is 16.5. The molecular weight excluding hydrogens is 174 g/mol. The van der Waals surface area contributed by atoms with Gasteiger partial charge in [0.1, 0.15) is 0 Å². The summed E-state index contributed by atoms with van der Waals surface area (Å²) in [6.45, 7) is 4.17. The minimum Gasteiger partial charge on any atom is -0.377 e. The number of methoxy groups -OCH3 is 1. The molecule has 1 N–H and O–H groups in total. The Balaban J connectivity index is 2.93. The lowest BCUT2D eigenvalue weighted by Crippen LogP contribution is -2.39. The van der Waals surface area contributed by atoms with Crippen LogP contribution in [0.1, 0.15) is 25.5 Å². The Bertz CT molecular complexity index is 269. The molecule has 1 atom stereocenters. The van der Waals surface area contributed by atoms with Crippen molar-refractivity contribution in [1.82, 2.24) is 5.32 Å². The van der Waals surface area contributed by atoms with E-state index in [9.17, 15) is 0 Å². The first-order valence-electron chi connectivity index (χ1n) is 4.89. The van der Waals surface area contributed by atoms with Crippen LogP contribution < -0.4 is 5.32 Å². The van der Waals surface area contributed by atoms with Gasteiger partial charge in [0.15, 0.2) is 0 Å². The van der Waals surface area contributed by atoms with Crippen LogP contribution in [0, 0.1) is 0 Å². The average Bonchev–Trinajstić information content (AvgIpc) is 2.20. The van der Waals surface area contributed by atoms with E-state index in [1.165, 1.54) is 5.56 Å². The Morgan fingerprint density at radius 3 is 2.21 bits per heavy atom. The van der Waals surface area contributed by atoms with Gasteiger partial charge in [0.2, 0.25) is 0 Å². The highest BCUT2D eigenvalue weighted by Crippen LogP contribution is 2.27. The number of likely N-dealkylation sites (N-methyl/N-ethyl adjacent to an activating group) is 1. The van der Waals surface area contributed by atoms with E-state index in [-0.39, 0.29) is 11.6 Å². The fourth-order valence-electron chi connectivity index (χ4n) is 1.68. The molecule has 2 heteroatoms. The van der Waals surface area contributed by atoms with Crippen LogP contribution in [0.5, 0.6) is 0 Å². The molecule has 0 heterocycles. The zero-order valence-corrected chi connectivity index (χ0v) is 9.37. The highest BCUT2D eigenvalue weighted by molar-refractivity contribution is 5.21. The van der Waals surface area contributed by atoms with Crippen LogP contribution in [-0.4, -0.2) is 19.8 Å². The summed E-state index contributed by atoms with van der Waals surface area (Å²) in [4.78, 5) is 0. The summed E-state index contributed by atoms with van der Waals surface area (Å²) in [6.07, 6.45) is 0. The second-order valence-corrected chi connectivity index (χ2v) is 3.94. The van der Waals surface area contributed by atoms with Crippen molar-refractivity contribution in [3.05, 3.63) is 35.9 Å². The third kappa shape index (κ3) is 2.34. The maximum atomic E-state index is 5.48. The summed E-state index contributed by atoms with van der Waals surface area (Å²) in [7, 11) is 3.70. The Morgan fingerprint density at radius 2 is 1.79 bits per heavy atom. The number of hydrogen-bond donors (Lipinski definition) is 1. The van der Waals surface area contributed by atoms with Gasteiger partial charge in [-0.2, -0.15) is 0 Å². The SMILES string of the molecule is CNC(c1ccccc1)C(C)(C)OC. The van der Waals surface area contributed by atoms with Crippen LogP contribution in [0.2, 0.25) is 0 Å². The average molecular weight is 193 g/mol. The molecule has 0 aromatic heterocycles. The smallest absolute Gasteiger partial charge is 0.0816 e. The third-order valence-electron chi connectivity index (χ3n) is 2.64. The first-order chi connectivity index (χ1) is 6.61. The molecule has 0 saturated carbocycles. The van der Waals surface area contributed by atoms with Crippen molar-refractivity contribution < 1.29 is 4.74 Å². The number of rotatable bonds is 4. The van der Waals surface area contributed by atoms with E-state index in [0.29, 0.717) is 0 Å². The van der Waals surface area contributed by atoms with Crippen LogP contribution in [-0.2, 0) is 4.74 Å². The van der Waals surface area contributed by atoms with Gasteiger partial charge in [-0.3, -0.25) is 0 Å². The Hall–Kier alpha value is -0.860. The molecule has 1 rings (SSSR count). The molecule has 0 radical (unpaired) electrons. The van der Waals surface area contributed by atoms with Crippen molar-refractivity contribution in [3.8, 4) is 0 Å². The lowest BCUT2D eigenvalue weighted by Gasteiger charge is -2.33. The predicted octanol–water partition coefficient (Wildman–Crippen LogP) is 2.37. The number of hydrogen-bond acceptors (Lipinski definition) is 2. The van der Waals surface area contributed by atoms with Crippen LogP contribution in [0.3, 0.4) is 0 Å². The van der Waals surface area contributed by atoms with Crippen molar-refractivity contribution in [2.45, 2.75) is 25.5 Å². The summed E-state index contributed by atoms with van der Waals surface area (Å²) in [5, 5.41) is 3.28. The highest BCUT2D eigenvalue weighted by Gasteiger charge is 2.28. The van der Waals surface area contributed by atoms with Crippen LogP contribution >= 0.6 is 0 Å². The fraction of sp³-hybridized carbons (Fsp3) is 0.500. The van der Waals surface area contributed by atoms with E-state index in [4.69, 9.17) is 4.74 Å². The maximum Gasteiger partial charge on any atom is 0.0816 e. The van der Waals surface area contributed by atoms with Crippen molar-refractivity contribution in [2.24, 2.45) is 0 Å². The zero-order valence-electron chi connectivity index (χ0n) is 9.37. The van der Waals surface area contributed by atoms with Crippen molar-refractivity contribution in [3.63, 3.8) is 0 Å². The standard InChI is InChI=1S/C12H19NO/c1-12(2,14-4)11(13-3)10-8-6-5-7-9-10/h5-9,11,13H,1-4H3. The molecule has 1 aromatic carbocycles. The second kappa shape index (κ2) is 4.58. The van der Waals surface area contributed by atoms with Gasteiger partial charge in [0.25, 0.3) is 0 Å². The van der Waals surface area contributed by atoms with Crippen LogP contribution in [0.4, 0.5) is 0 Å². The summed E-state index contributed by atoms with van der Waals surface area (Å²) >= 11 is 0. The summed E-state index contributed by atoms with van der Waals surface area (Å²) in [5.41, 5.74) is 1.05. The van der Waals surface area contributed by atoms with Gasteiger partial charge < -0.3 is 10.1 Å². The summed E-state index contributed by atoms with van der Waals surface area (Å²) in [5.74, 6) is 0. The third-order valence-corrected chi connectivity index (χ3v) is 2.64. The minimum atomic E-state index is -0.198. The van der Waals surface area contributed by atoms with Crippen molar-refractivity contribution in [1.29, 1.82) is 0 Å².